The molecule has 1 fully saturated rings. The first-order valence-electron chi connectivity index (χ1n) is 7.94. The highest BCUT2D eigenvalue weighted by Gasteiger charge is 2.32. The van der Waals surface area contributed by atoms with E-state index in [0.29, 0.717) is 13.1 Å². The number of anilines is 1. The lowest BCUT2D eigenvalue weighted by molar-refractivity contribution is -0.142. The Bertz CT molecular complexity index is 535. The molecule has 0 bridgehead atoms. The van der Waals surface area contributed by atoms with Crippen molar-refractivity contribution >= 4 is 17.5 Å². The predicted octanol–water partition coefficient (Wildman–Crippen LogP) is 3.22. The molecule has 1 aliphatic heterocycles. The first-order chi connectivity index (χ1) is 10.3. The summed E-state index contributed by atoms with van der Waals surface area (Å²) < 4.78 is 0. The maximum absolute atomic E-state index is 12.3. The summed E-state index contributed by atoms with van der Waals surface area (Å²) in [5.74, 6) is 0.224. The first kappa shape index (κ1) is 16.5. The van der Waals surface area contributed by atoms with Gasteiger partial charge >= 0.3 is 0 Å². The second-order valence-electron chi connectivity index (χ2n) is 7.17. The molecule has 0 spiro atoms. The topological polar surface area (TPSA) is 49.4 Å². The van der Waals surface area contributed by atoms with Crippen molar-refractivity contribution in [2.24, 2.45) is 11.3 Å². The molecule has 2 amide bonds. The van der Waals surface area contributed by atoms with E-state index in [9.17, 15) is 9.59 Å². The van der Waals surface area contributed by atoms with E-state index in [1.54, 1.807) is 0 Å². The Hall–Kier alpha value is -1.84. The quantitative estimate of drug-likeness (QED) is 0.912. The molecule has 22 heavy (non-hydrogen) atoms. The summed E-state index contributed by atoms with van der Waals surface area (Å²) in [5, 5.41) is 2.97. The van der Waals surface area contributed by atoms with Crippen LogP contribution in [-0.4, -0.2) is 29.8 Å². The van der Waals surface area contributed by atoms with Gasteiger partial charge in [0.25, 0.3) is 0 Å². The highest BCUT2D eigenvalue weighted by atomic mass is 16.2. The third kappa shape index (κ3) is 4.09. The number of carbonyl (C=O) groups is 2. The lowest BCUT2D eigenvalue weighted by atomic mass is 9.90. The number of benzene rings is 1. The molecule has 0 unspecified atom stereocenters. The van der Waals surface area contributed by atoms with Crippen LogP contribution in [0, 0.1) is 18.3 Å². The third-order valence-corrected chi connectivity index (χ3v) is 4.11. The second-order valence-corrected chi connectivity index (χ2v) is 7.17. The monoisotopic (exact) mass is 302 g/mol. The fraction of sp³-hybridized carbons (Fsp3) is 0.556. The molecule has 0 radical (unpaired) electrons. The predicted molar refractivity (Wildman–Crippen MR) is 88.6 cm³/mol. The highest BCUT2D eigenvalue weighted by molar-refractivity contribution is 5.92. The van der Waals surface area contributed by atoms with Crippen molar-refractivity contribution in [3.63, 3.8) is 0 Å². The van der Waals surface area contributed by atoms with Gasteiger partial charge in [-0.2, -0.15) is 0 Å². The Morgan fingerprint density at radius 1 is 1.09 bits per heavy atom. The number of hydrogen-bond acceptors (Lipinski definition) is 2. The van der Waals surface area contributed by atoms with Gasteiger partial charge in [-0.05, 0) is 31.9 Å². The number of nitrogens with one attached hydrogen (secondary N) is 1. The first-order valence-corrected chi connectivity index (χ1v) is 7.94. The van der Waals surface area contributed by atoms with Gasteiger partial charge in [-0.1, -0.05) is 38.5 Å². The smallest absolute Gasteiger partial charge is 0.227 e. The van der Waals surface area contributed by atoms with Crippen LogP contribution in [0.5, 0.6) is 0 Å². The van der Waals surface area contributed by atoms with Crippen LogP contribution in [0.2, 0.25) is 0 Å². The standard InChI is InChI=1S/C18H26N2O2/c1-13-5-7-15(8-6-13)19-16(21)14-9-11-20(12-10-14)17(22)18(2,3)4/h5-8,14H,9-12H2,1-4H3,(H,19,21). The lowest BCUT2D eigenvalue weighted by Gasteiger charge is -2.35. The molecule has 1 saturated heterocycles. The normalized spacial score (nSPS) is 16.5. The highest BCUT2D eigenvalue weighted by Crippen LogP contribution is 2.24. The van der Waals surface area contributed by atoms with E-state index in [1.165, 1.54) is 5.56 Å². The lowest BCUT2D eigenvalue weighted by Crippen LogP contribution is -2.45. The number of rotatable bonds is 2. The summed E-state index contributed by atoms with van der Waals surface area (Å²) in [6.07, 6.45) is 1.47. The molecular weight excluding hydrogens is 276 g/mol. The molecule has 4 heteroatoms. The average molecular weight is 302 g/mol. The SMILES string of the molecule is Cc1ccc(NC(=O)C2CCN(C(=O)C(C)(C)C)CC2)cc1. The van der Waals surface area contributed by atoms with Crippen molar-refractivity contribution in [3.8, 4) is 0 Å². The van der Waals surface area contributed by atoms with Crippen molar-refractivity contribution in [1.29, 1.82) is 0 Å². The van der Waals surface area contributed by atoms with Crippen LogP contribution in [0.1, 0.15) is 39.2 Å². The van der Waals surface area contributed by atoms with Crippen LogP contribution in [0.3, 0.4) is 0 Å². The van der Waals surface area contributed by atoms with E-state index in [-0.39, 0.29) is 23.1 Å². The van der Waals surface area contributed by atoms with Crippen LogP contribution >= 0.6 is 0 Å². The number of piperidine rings is 1. The van der Waals surface area contributed by atoms with E-state index in [1.807, 2.05) is 56.9 Å². The van der Waals surface area contributed by atoms with Gasteiger partial charge in [-0.25, -0.2) is 0 Å². The number of carbonyl (C=O) groups excluding carboxylic acids is 2. The third-order valence-electron chi connectivity index (χ3n) is 4.11. The zero-order valence-electron chi connectivity index (χ0n) is 14.0. The fourth-order valence-corrected chi connectivity index (χ4v) is 2.70. The Labute approximate surface area is 132 Å². The van der Waals surface area contributed by atoms with Gasteiger partial charge in [-0.3, -0.25) is 9.59 Å². The average Bonchev–Trinajstić information content (AvgIpc) is 2.48. The molecule has 0 atom stereocenters. The number of likely N-dealkylation sites (tertiary alicyclic amines) is 1. The fourth-order valence-electron chi connectivity index (χ4n) is 2.70. The number of hydrogen-bond donors (Lipinski definition) is 1. The van der Waals surface area contributed by atoms with Crippen LogP contribution < -0.4 is 5.32 Å². The van der Waals surface area contributed by atoms with Crippen molar-refractivity contribution in [3.05, 3.63) is 29.8 Å². The van der Waals surface area contributed by atoms with Crippen LogP contribution in [0.15, 0.2) is 24.3 Å². The zero-order valence-corrected chi connectivity index (χ0v) is 14.0. The van der Waals surface area contributed by atoms with E-state index < -0.39 is 0 Å². The molecule has 120 valence electrons. The van der Waals surface area contributed by atoms with Gasteiger partial charge in [0.2, 0.25) is 11.8 Å². The Kier molecular flexibility index (Phi) is 4.89. The summed E-state index contributed by atoms with van der Waals surface area (Å²) in [4.78, 5) is 26.4. The minimum Gasteiger partial charge on any atom is -0.342 e. The summed E-state index contributed by atoms with van der Waals surface area (Å²) in [6, 6.07) is 7.82. The Morgan fingerprint density at radius 2 is 1.64 bits per heavy atom. The summed E-state index contributed by atoms with van der Waals surface area (Å²) in [6.45, 7) is 9.17. The molecule has 1 N–H and O–H groups in total. The number of aryl methyl sites for hydroxylation is 1. The molecule has 1 aromatic carbocycles. The van der Waals surface area contributed by atoms with Crippen LogP contribution in [0.4, 0.5) is 5.69 Å². The summed E-state index contributed by atoms with van der Waals surface area (Å²) >= 11 is 0. The van der Waals surface area contributed by atoms with E-state index in [4.69, 9.17) is 0 Å². The Morgan fingerprint density at radius 3 is 2.14 bits per heavy atom. The van der Waals surface area contributed by atoms with E-state index >= 15 is 0 Å². The van der Waals surface area contributed by atoms with Crippen molar-refractivity contribution in [2.75, 3.05) is 18.4 Å². The van der Waals surface area contributed by atoms with Gasteiger partial charge in [-0.15, -0.1) is 0 Å². The number of amides is 2. The Balaban J connectivity index is 1.87. The molecule has 0 aliphatic carbocycles. The number of nitrogens with zero attached hydrogens (tertiary/aromatic N) is 1. The molecule has 0 aromatic heterocycles. The van der Waals surface area contributed by atoms with Gasteiger partial charge in [0, 0.05) is 30.1 Å². The van der Waals surface area contributed by atoms with E-state index in [0.717, 1.165) is 18.5 Å². The van der Waals surface area contributed by atoms with Gasteiger partial charge in [0.1, 0.15) is 0 Å². The summed E-state index contributed by atoms with van der Waals surface area (Å²) in [7, 11) is 0. The van der Waals surface area contributed by atoms with Gasteiger partial charge in [0.15, 0.2) is 0 Å². The van der Waals surface area contributed by atoms with Crippen LogP contribution in [-0.2, 0) is 9.59 Å². The molecule has 1 aromatic rings. The molecular formula is C18H26N2O2. The zero-order chi connectivity index (χ0) is 16.3. The molecule has 1 heterocycles. The second kappa shape index (κ2) is 6.51. The summed E-state index contributed by atoms with van der Waals surface area (Å²) in [5.41, 5.74) is 1.66. The van der Waals surface area contributed by atoms with Crippen molar-refractivity contribution < 1.29 is 9.59 Å². The molecule has 4 nitrogen and oxygen atoms in total. The van der Waals surface area contributed by atoms with Crippen molar-refractivity contribution in [2.45, 2.75) is 40.5 Å². The largest absolute Gasteiger partial charge is 0.342 e. The maximum Gasteiger partial charge on any atom is 0.227 e. The molecule has 0 saturated carbocycles. The maximum atomic E-state index is 12.3. The van der Waals surface area contributed by atoms with Gasteiger partial charge in [0.05, 0.1) is 0 Å². The van der Waals surface area contributed by atoms with E-state index in [2.05, 4.69) is 5.32 Å². The molecule has 2 rings (SSSR count). The van der Waals surface area contributed by atoms with Crippen LogP contribution in [0.25, 0.3) is 0 Å². The minimum absolute atomic E-state index is 0.00896. The molecule has 1 aliphatic rings. The van der Waals surface area contributed by atoms with Gasteiger partial charge < -0.3 is 10.2 Å². The minimum atomic E-state index is -0.350. The van der Waals surface area contributed by atoms with Crippen molar-refractivity contribution in [1.82, 2.24) is 4.90 Å².